The first-order chi connectivity index (χ1) is 19.7. The molecule has 0 radical (unpaired) electrons. The van der Waals surface area contributed by atoms with Gasteiger partial charge < -0.3 is 20.7 Å². The molecule has 228 valence electrons. The topological polar surface area (TPSA) is 114 Å². The van der Waals surface area contributed by atoms with Gasteiger partial charge in [-0.15, -0.1) is 0 Å². The van der Waals surface area contributed by atoms with Crippen molar-refractivity contribution in [2.24, 2.45) is 5.92 Å². The molecule has 0 aliphatic heterocycles. The lowest BCUT2D eigenvalue weighted by Gasteiger charge is -2.31. The van der Waals surface area contributed by atoms with Gasteiger partial charge in [-0.1, -0.05) is 57.0 Å². The van der Waals surface area contributed by atoms with E-state index in [1.165, 1.54) is 64.3 Å². The Labute approximate surface area is 241 Å². The number of alkyl halides is 3. The van der Waals surface area contributed by atoms with Crippen LogP contribution in [0.15, 0.2) is 48.5 Å². The van der Waals surface area contributed by atoms with E-state index in [0.29, 0.717) is 31.4 Å². The van der Waals surface area contributed by atoms with Gasteiger partial charge in [-0.2, -0.15) is 13.2 Å². The molecule has 3 atom stereocenters. The molecule has 0 spiro atoms. The van der Waals surface area contributed by atoms with E-state index >= 15 is 0 Å². The zero-order valence-electron chi connectivity index (χ0n) is 23.8. The van der Waals surface area contributed by atoms with Crippen molar-refractivity contribution < 1.29 is 41.5 Å². The summed E-state index contributed by atoms with van der Waals surface area (Å²) in [6, 6.07) is 7.22. The molecule has 2 aromatic rings. The van der Waals surface area contributed by atoms with Gasteiger partial charge >= 0.3 is 6.18 Å². The number of ketones is 1. The van der Waals surface area contributed by atoms with Gasteiger partial charge in [0.15, 0.2) is 0 Å². The molecule has 3 rings (SSSR count). The summed E-state index contributed by atoms with van der Waals surface area (Å²) < 4.78 is 59.5. The van der Waals surface area contributed by atoms with Crippen LogP contribution in [0.3, 0.4) is 0 Å². The second-order valence-electron chi connectivity index (χ2n) is 10.8. The summed E-state index contributed by atoms with van der Waals surface area (Å²) in [5.41, 5.74) is -0.743. The number of carbonyl (C=O) groups excluding carboxylic acids is 4. The molecule has 1 aliphatic carbocycles. The van der Waals surface area contributed by atoms with E-state index in [9.17, 15) is 36.7 Å². The Hall–Kier alpha value is -3.96. The lowest BCUT2D eigenvalue weighted by Crippen LogP contribution is -2.55. The molecule has 3 unspecified atom stereocenters. The van der Waals surface area contributed by atoms with Gasteiger partial charge in [0, 0.05) is 5.56 Å². The fraction of sp³-hybridized carbons (Fsp3) is 0.467. The Morgan fingerprint density at radius 3 is 1.98 bits per heavy atom. The van der Waals surface area contributed by atoms with E-state index < -0.39 is 65.0 Å². The molecule has 2 aromatic carbocycles. The van der Waals surface area contributed by atoms with Crippen molar-refractivity contribution in [2.45, 2.75) is 76.2 Å². The van der Waals surface area contributed by atoms with Crippen LogP contribution in [0.1, 0.15) is 63.6 Å². The van der Waals surface area contributed by atoms with Gasteiger partial charge in [0.25, 0.3) is 5.78 Å². The Balaban J connectivity index is 1.84. The molecule has 12 heteroatoms. The first-order valence-corrected chi connectivity index (χ1v) is 13.6. The van der Waals surface area contributed by atoms with Gasteiger partial charge in [-0.3, -0.25) is 19.2 Å². The molecule has 0 aromatic heterocycles. The van der Waals surface area contributed by atoms with Crippen LogP contribution in [0.4, 0.5) is 17.6 Å². The van der Waals surface area contributed by atoms with Crippen LogP contribution >= 0.6 is 0 Å². The summed E-state index contributed by atoms with van der Waals surface area (Å²) in [4.78, 5) is 52.1. The van der Waals surface area contributed by atoms with Gasteiger partial charge in [0.2, 0.25) is 17.7 Å². The standard InChI is InChI=1S/C30H35F4N3O5/c1-17(2)23(25(38)30(32,33)34)36-27(40)24(19-11-13-20(42-4)14-12-19)37-26(39)18(3)35-28(41)29(15-7-8-16-29)21-9-5-6-10-22(21)31/h5-6,9-14,17-18,23-24H,7-8,15-16H2,1-4H3,(H,35,41)(H,36,40)(H,37,39). The number of hydrogen-bond acceptors (Lipinski definition) is 5. The fourth-order valence-corrected chi connectivity index (χ4v) is 5.16. The van der Waals surface area contributed by atoms with Crippen molar-refractivity contribution in [3.05, 3.63) is 65.5 Å². The highest BCUT2D eigenvalue weighted by Gasteiger charge is 2.47. The van der Waals surface area contributed by atoms with E-state index in [-0.39, 0.29) is 11.1 Å². The number of hydrogen-bond donors (Lipinski definition) is 3. The van der Waals surface area contributed by atoms with Crippen LogP contribution < -0.4 is 20.7 Å². The highest BCUT2D eigenvalue weighted by molar-refractivity contribution is 5.97. The molecule has 0 saturated heterocycles. The molecule has 1 saturated carbocycles. The molecule has 0 heterocycles. The van der Waals surface area contributed by atoms with Gasteiger partial charge in [-0.05, 0) is 49.4 Å². The van der Waals surface area contributed by atoms with Crippen molar-refractivity contribution in [1.29, 1.82) is 0 Å². The lowest BCUT2D eigenvalue weighted by atomic mass is 9.77. The largest absolute Gasteiger partial charge is 0.497 e. The summed E-state index contributed by atoms with van der Waals surface area (Å²) >= 11 is 0. The third-order valence-electron chi connectivity index (χ3n) is 7.55. The summed E-state index contributed by atoms with van der Waals surface area (Å²) in [5, 5.41) is 7.24. The average molecular weight is 594 g/mol. The van der Waals surface area contributed by atoms with E-state index in [0.717, 1.165) is 0 Å². The maximum atomic E-state index is 14.7. The van der Waals surface area contributed by atoms with Gasteiger partial charge in [0.1, 0.15) is 23.7 Å². The Kier molecular flexibility index (Phi) is 10.3. The zero-order chi connectivity index (χ0) is 31.2. The molecule has 1 aliphatic rings. The van der Waals surface area contributed by atoms with Crippen LogP contribution in [0, 0.1) is 11.7 Å². The van der Waals surface area contributed by atoms with E-state index in [4.69, 9.17) is 4.74 Å². The van der Waals surface area contributed by atoms with E-state index in [2.05, 4.69) is 16.0 Å². The minimum absolute atomic E-state index is 0.195. The minimum atomic E-state index is -5.19. The third-order valence-corrected chi connectivity index (χ3v) is 7.55. The summed E-state index contributed by atoms with van der Waals surface area (Å²) in [5.74, 6) is -5.56. The summed E-state index contributed by atoms with van der Waals surface area (Å²) in [6.45, 7) is 4.08. The highest BCUT2D eigenvalue weighted by atomic mass is 19.4. The van der Waals surface area contributed by atoms with Crippen molar-refractivity contribution in [2.75, 3.05) is 7.11 Å². The number of carbonyl (C=O) groups is 4. The van der Waals surface area contributed by atoms with Crippen molar-refractivity contribution in [1.82, 2.24) is 16.0 Å². The predicted octanol–water partition coefficient (Wildman–Crippen LogP) is 4.28. The number of halogens is 4. The average Bonchev–Trinajstić information content (AvgIpc) is 3.44. The predicted molar refractivity (Wildman–Crippen MR) is 146 cm³/mol. The number of rotatable bonds is 11. The number of benzene rings is 2. The van der Waals surface area contributed by atoms with Crippen molar-refractivity contribution in [3.8, 4) is 5.75 Å². The maximum Gasteiger partial charge on any atom is 0.452 e. The number of methoxy groups -OCH3 is 1. The first kappa shape index (κ1) is 32.6. The number of ether oxygens (including phenoxy) is 1. The minimum Gasteiger partial charge on any atom is -0.497 e. The van der Waals surface area contributed by atoms with Crippen LogP contribution in [0.25, 0.3) is 0 Å². The molecule has 1 fully saturated rings. The molecule has 8 nitrogen and oxygen atoms in total. The van der Waals surface area contributed by atoms with Crippen LogP contribution in [-0.4, -0.2) is 48.9 Å². The molecule has 3 N–H and O–H groups in total. The fourth-order valence-electron chi connectivity index (χ4n) is 5.16. The Morgan fingerprint density at radius 2 is 1.45 bits per heavy atom. The van der Waals surface area contributed by atoms with Crippen LogP contribution in [0.2, 0.25) is 0 Å². The van der Waals surface area contributed by atoms with Gasteiger partial charge in [-0.25, -0.2) is 4.39 Å². The quantitative estimate of drug-likeness (QED) is 0.337. The van der Waals surface area contributed by atoms with E-state index in [1.807, 2.05) is 0 Å². The second kappa shape index (κ2) is 13.3. The highest BCUT2D eigenvalue weighted by Crippen LogP contribution is 2.42. The smallest absolute Gasteiger partial charge is 0.452 e. The number of amides is 3. The molecular formula is C30H35F4N3O5. The third kappa shape index (κ3) is 7.27. The molecular weight excluding hydrogens is 558 g/mol. The first-order valence-electron chi connectivity index (χ1n) is 13.6. The van der Waals surface area contributed by atoms with Crippen molar-refractivity contribution >= 4 is 23.5 Å². The lowest BCUT2D eigenvalue weighted by molar-refractivity contribution is -0.175. The molecule has 0 bridgehead atoms. The summed E-state index contributed by atoms with van der Waals surface area (Å²) in [7, 11) is 1.42. The second-order valence-corrected chi connectivity index (χ2v) is 10.8. The van der Waals surface area contributed by atoms with E-state index in [1.54, 1.807) is 12.1 Å². The monoisotopic (exact) mass is 593 g/mol. The molecule has 42 heavy (non-hydrogen) atoms. The van der Waals surface area contributed by atoms with Crippen LogP contribution in [-0.2, 0) is 24.6 Å². The molecule has 3 amide bonds. The Morgan fingerprint density at radius 1 is 0.857 bits per heavy atom. The SMILES string of the molecule is COc1ccc(C(NC(=O)C(C)NC(=O)C2(c3ccccc3F)CCCC2)C(=O)NC(C(=O)C(F)(F)F)C(C)C)cc1. The normalized spacial score (nSPS) is 16.7. The Bertz CT molecular complexity index is 1290. The van der Waals surface area contributed by atoms with Gasteiger partial charge in [0.05, 0.1) is 18.6 Å². The van der Waals surface area contributed by atoms with Crippen molar-refractivity contribution in [3.63, 3.8) is 0 Å². The zero-order valence-corrected chi connectivity index (χ0v) is 23.8. The number of nitrogens with one attached hydrogen (secondary N) is 3. The maximum absolute atomic E-state index is 14.7. The summed E-state index contributed by atoms with van der Waals surface area (Å²) in [6.07, 6.45) is -3.04. The van der Waals surface area contributed by atoms with Crippen LogP contribution in [0.5, 0.6) is 5.75 Å². The number of Topliss-reactive ketones (excluding diaryl/α,β-unsaturated/α-hetero) is 1.